The van der Waals surface area contributed by atoms with Gasteiger partial charge in [0.25, 0.3) is 5.91 Å². The fourth-order valence-corrected chi connectivity index (χ4v) is 3.46. The third-order valence-electron chi connectivity index (χ3n) is 2.80. The van der Waals surface area contributed by atoms with Crippen LogP contribution in [-0.4, -0.2) is 5.91 Å². The Balaban J connectivity index is 2.84. The SMILES string of the molecule is Cc1cc(I)c2c(c1N)C(=O)NC2(C)C. The molecule has 15 heavy (non-hydrogen) atoms. The van der Waals surface area contributed by atoms with Crippen molar-refractivity contribution in [2.75, 3.05) is 5.73 Å². The van der Waals surface area contributed by atoms with Crippen LogP contribution in [0.4, 0.5) is 5.69 Å². The zero-order valence-electron chi connectivity index (χ0n) is 8.94. The molecule has 0 unspecified atom stereocenters. The third-order valence-corrected chi connectivity index (χ3v) is 3.66. The molecule has 1 aromatic rings. The highest BCUT2D eigenvalue weighted by atomic mass is 127. The van der Waals surface area contributed by atoms with Crippen molar-refractivity contribution in [2.45, 2.75) is 26.3 Å². The van der Waals surface area contributed by atoms with Crippen LogP contribution < -0.4 is 11.1 Å². The highest BCUT2D eigenvalue weighted by molar-refractivity contribution is 14.1. The summed E-state index contributed by atoms with van der Waals surface area (Å²) < 4.78 is 1.10. The van der Waals surface area contributed by atoms with Gasteiger partial charge in [-0.25, -0.2) is 0 Å². The van der Waals surface area contributed by atoms with Gasteiger partial charge in [0.2, 0.25) is 0 Å². The first-order valence-electron chi connectivity index (χ1n) is 4.76. The maximum atomic E-state index is 11.8. The number of halogens is 1. The van der Waals surface area contributed by atoms with Gasteiger partial charge in [-0.15, -0.1) is 0 Å². The minimum atomic E-state index is -0.315. The molecule has 3 nitrogen and oxygen atoms in total. The van der Waals surface area contributed by atoms with Crippen LogP contribution in [0.3, 0.4) is 0 Å². The minimum absolute atomic E-state index is 0.0610. The van der Waals surface area contributed by atoms with E-state index < -0.39 is 0 Å². The Bertz CT molecular complexity index is 466. The zero-order valence-corrected chi connectivity index (χ0v) is 11.1. The van der Waals surface area contributed by atoms with Crippen molar-refractivity contribution >= 4 is 34.2 Å². The van der Waals surface area contributed by atoms with E-state index in [4.69, 9.17) is 5.73 Å². The van der Waals surface area contributed by atoms with E-state index in [1.807, 2.05) is 26.8 Å². The fraction of sp³-hybridized carbons (Fsp3) is 0.364. The predicted molar refractivity (Wildman–Crippen MR) is 68.8 cm³/mol. The van der Waals surface area contributed by atoms with Crippen LogP contribution in [0.1, 0.15) is 35.3 Å². The van der Waals surface area contributed by atoms with Crippen LogP contribution in [0.5, 0.6) is 0 Å². The van der Waals surface area contributed by atoms with E-state index in [0.717, 1.165) is 14.7 Å². The number of benzene rings is 1. The molecule has 1 aromatic carbocycles. The molecule has 0 saturated heterocycles. The first-order valence-corrected chi connectivity index (χ1v) is 5.84. The van der Waals surface area contributed by atoms with Gasteiger partial charge in [-0.3, -0.25) is 4.79 Å². The Morgan fingerprint density at radius 3 is 2.67 bits per heavy atom. The van der Waals surface area contributed by atoms with Gasteiger partial charge >= 0.3 is 0 Å². The summed E-state index contributed by atoms with van der Waals surface area (Å²) in [5, 5.41) is 2.94. The average molecular weight is 316 g/mol. The van der Waals surface area contributed by atoms with E-state index in [1.165, 1.54) is 0 Å². The largest absolute Gasteiger partial charge is 0.398 e. The lowest BCUT2D eigenvalue weighted by molar-refractivity contribution is 0.0941. The summed E-state index contributed by atoms with van der Waals surface area (Å²) in [5.74, 6) is -0.0610. The molecule has 0 aromatic heterocycles. The smallest absolute Gasteiger partial charge is 0.254 e. The van der Waals surface area contributed by atoms with Crippen LogP contribution in [0.15, 0.2) is 6.07 Å². The summed E-state index contributed by atoms with van der Waals surface area (Å²) in [7, 11) is 0. The van der Waals surface area contributed by atoms with Gasteiger partial charge in [0.1, 0.15) is 0 Å². The van der Waals surface area contributed by atoms with Crippen molar-refractivity contribution in [3.8, 4) is 0 Å². The maximum Gasteiger partial charge on any atom is 0.254 e. The molecule has 4 heteroatoms. The number of hydrogen-bond donors (Lipinski definition) is 2. The van der Waals surface area contributed by atoms with Crippen molar-refractivity contribution in [1.29, 1.82) is 0 Å². The molecule has 2 rings (SSSR count). The van der Waals surface area contributed by atoms with Gasteiger partial charge in [-0.2, -0.15) is 0 Å². The standard InChI is InChI=1S/C11H13IN2O/c1-5-4-6(12)8-7(9(5)13)10(15)14-11(8,2)3/h4H,13H2,1-3H3,(H,14,15). The highest BCUT2D eigenvalue weighted by Gasteiger charge is 2.38. The van der Waals surface area contributed by atoms with Gasteiger partial charge in [-0.1, -0.05) is 0 Å². The van der Waals surface area contributed by atoms with Crippen molar-refractivity contribution in [3.05, 3.63) is 26.3 Å². The molecule has 1 amide bonds. The number of rotatable bonds is 0. The first kappa shape index (κ1) is 10.7. The summed E-state index contributed by atoms with van der Waals surface area (Å²) in [6.07, 6.45) is 0. The van der Waals surface area contributed by atoms with Gasteiger partial charge in [0.15, 0.2) is 0 Å². The molecule has 0 spiro atoms. The van der Waals surface area contributed by atoms with Crippen LogP contribution in [0, 0.1) is 10.5 Å². The summed E-state index contributed by atoms with van der Waals surface area (Å²) in [6.45, 7) is 5.91. The second kappa shape index (κ2) is 3.10. The minimum Gasteiger partial charge on any atom is -0.398 e. The second-order valence-corrected chi connectivity index (χ2v) is 5.58. The molecular formula is C11H13IN2O. The molecule has 0 saturated carbocycles. The lowest BCUT2D eigenvalue weighted by Gasteiger charge is -2.20. The van der Waals surface area contributed by atoms with Crippen LogP contribution >= 0.6 is 22.6 Å². The lowest BCUT2D eigenvalue weighted by atomic mass is 9.92. The average Bonchev–Trinajstić information content (AvgIpc) is 2.32. The Morgan fingerprint density at radius 2 is 2.07 bits per heavy atom. The monoisotopic (exact) mass is 316 g/mol. The molecule has 0 fully saturated rings. The van der Waals surface area contributed by atoms with Crippen molar-refractivity contribution in [1.82, 2.24) is 5.32 Å². The normalized spacial score (nSPS) is 17.5. The van der Waals surface area contributed by atoms with Gasteiger partial charge in [-0.05, 0) is 55.0 Å². The van der Waals surface area contributed by atoms with Crippen molar-refractivity contribution in [3.63, 3.8) is 0 Å². The number of carbonyl (C=O) groups excluding carboxylic acids is 1. The number of hydrogen-bond acceptors (Lipinski definition) is 2. The van der Waals surface area contributed by atoms with E-state index in [2.05, 4.69) is 27.9 Å². The second-order valence-electron chi connectivity index (χ2n) is 4.42. The number of amides is 1. The number of nitrogens with one attached hydrogen (secondary N) is 1. The lowest BCUT2D eigenvalue weighted by Crippen LogP contribution is -2.33. The van der Waals surface area contributed by atoms with Gasteiger partial charge in [0.05, 0.1) is 11.1 Å². The molecule has 0 atom stereocenters. The van der Waals surface area contributed by atoms with Crippen LogP contribution in [-0.2, 0) is 5.54 Å². The third kappa shape index (κ3) is 1.42. The zero-order chi connectivity index (χ0) is 11.4. The van der Waals surface area contributed by atoms with Crippen molar-refractivity contribution < 1.29 is 4.79 Å². The molecular weight excluding hydrogens is 303 g/mol. The number of nitrogens with two attached hydrogens (primary N) is 1. The quantitative estimate of drug-likeness (QED) is 0.569. The maximum absolute atomic E-state index is 11.8. The molecule has 0 radical (unpaired) electrons. The molecule has 80 valence electrons. The number of nitrogen functional groups attached to an aromatic ring is 1. The predicted octanol–water partition coefficient (Wildman–Crippen LogP) is 2.16. The Kier molecular flexibility index (Phi) is 2.22. The Hall–Kier alpha value is -0.780. The summed E-state index contributed by atoms with van der Waals surface area (Å²) in [6, 6.07) is 2.02. The number of fused-ring (bicyclic) bond motifs is 1. The summed E-state index contributed by atoms with van der Waals surface area (Å²) in [5.41, 5.74) is 8.89. The number of carbonyl (C=O) groups is 1. The first-order chi connectivity index (χ1) is 6.84. The van der Waals surface area contributed by atoms with Gasteiger partial charge < -0.3 is 11.1 Å². The Labute approximate surface area is 103 Å². The summed E-state index contributed by atoms with van der Waals surface area (Å²) in [4.78, 5) is 11.8. The summed E-state index contributed by atoms with van der Waals surface area (Å²) >= 11 is 2.26. The van der Waals surface area contributed by atoms with E-state index in [1.54, 1.807) is 0 Å². The highest BCUT2D eigenvalue weighted by Crippen LogP contribution is 2.38. The van der Waals surface area contributed by atoms with E-state index >= 15 is 0 Å². The van der Waals surface area contributed by atoms with E-state index in [-0.39, 0.29) is 11.4 Å². The molecule has 1 heterocycles. The van der Waals surface area contributed by atoms with E-state index in [9.17, 15) is 4.79 Å². The molecule has 1 aliphatic heterocycles. The van der Waals surface area contributed by atoms with Crippen molar-refractivity contribution in [2.24, 2.45) is 0 Å². The fourth-order valence-electron chi connectivity index (χ4n) is 2.05. The molecule has 0 bridgehead atoms. The van der Waals surface area contributed by atoms with Crippen LogP contribution in [0.25, 0.3) is 0 Å². The molecule has 0 aliphatic carbocycles. The van der Waals surface area contributed by atoms with Crippen LogP contribution in [0.2, 0.25) is 0 Å². The number of anilines is 1. The molecule has 3 N–H and O–H groups in total. The van der Waals surface area contributed by atoms with Gasteiger partial charge in [0, 0.05) is 14.8 Å². The molecule has 1 aliphatic rings. The topological polar surface area (TPSA) is 55.1 Å². The Morgan fingerprint density at radius 1 is 1.47 bits per heavy atom. The van der Waals surface area contributed by atoms with E-state index in [0.29, 0.717) is 11.3 Å². The number of aryl methyl sites for hydroxylation is 1.